The van der Waals surface area contributed by atoms with Gasteiger partial charge < -0.3 is 19.5 Å². The molecule has 0 saturated heterocycles. The second kappa shape index (κ2) is 9.27. The molecule has 1 atom stereocenters. The lowest BCUT2D eigenvalue weighted by Gasteiger charge is -2.14. The molecule has 1 aromatic heterocycles. The molecule has 0 fully saturated rings. The number of ether oxygens (including phenoxy) is 3. The molecule has 0 saturated carbocycles. The number of halogens is 1. The summed E-state index contributed by atoms with van der Waals surface area (Å²) in [7, 11) is 3.15. The van der Waals surface area contributed by atoms with Crippen molar-refractivity contribution in [1.29, 1.82) is 0 Å². The maximum atomic E-state index is 12.5. The van der Waals surface area contributed by atoms with Gasteiger partial charge in [0, 0.05) is 35.0 Å². The fourth-order valence-corrected chi connectivity index (χ4v) is 3.96. The highest BCUT2D eigenvalue weighted by Crippen LogP contribution is 2.40. The molecule has 1 unspecified atom stereocenters. The van der Waals surface area contributed by atoms with E-state index in [1.807, 2.05) is 36.4 Å². The van der Waals surface area contributed by atoms with Gasteiger partial charge in [-0.05, 0) is 47.5 Å². The number of benzene rings is 2. The Bertz CT molecular complexity index is 1090. The Balaban J connectivity index is 1.39. The van der Waals surface area contributed by atoms with Crippen LogP contribution in [0.25, 0.3) is 11.1 Å². The molecule has 0 spiro atoms. The number of aromatic nitrogens is 1. The predicted molar refractivity (Wildman–Crippen MR) is 119 cm³/mol. The summed E-state index contributed by atoms with van der Waals surface area (Å²) in [4.78, 5) is 16.5. The quantitative estimate of drug-likeness (QED) is 0.602. The molecule has 2 aromatic carbocycles. The van der Waals surface area contributed by atoms with Crippen LogP contribution in [0, 0.1) is 0 Å². The molecule has 0 bridgehead atoms. The highest BCUT2D eigenvalue weighted by atomic mass is 35.5. The van der Waals surface area contributed by atoms with Gasteiger partial charge in [-0.1, -0.05) is 17.7 Å². The molecule has 1 amide bonds. The van der Waals surface area contributed by atoms with Crippen LogP contribution in [0.1, 0.15) is 11.1 Å². The molecule has 7 heteroatoms. The molecule has 3 aromatic rings. The maximum absolute atomic E-state index is 12.5. The number of hydrogen-bond donors (Lipinski definition) is 1. The van der Waals surface area contributed by atoms with Crippen molar-refractivity contribution in [2.75, 3.05) is 20.8 Å². The minimum Gasteiger partial charge on any atom is -0.493 e. The minimum absolute atomic E-state index is 0.0841. The fourth-order valence-electron chi connectivity index (χ4n) is 3.72. The number of rotatable bonds is 7. The van der Waals surface area contributed by atoms with E-state index in [1.54, 1.807) is 32.7 Å². The van der Waals surface area contributed by atoms with Crippen molar-refractivity contribution in [3.8, 4) is 28.4 Å². The van der Waals surface area contributed by atoms with Crippen LogP contribution in [0.5, 0.6) is 17.2 Å². The first-order valence-electron chi connectivity index (χ1n) is 9.94. The Morgan fingerprint density at radius 1 is 1.13 bits per heavy atom. The summed E-state index contributed by atoms with van der Waals surface area (Å²) in [6.07, 6.45) is 4.26. The summed E-state index contributed by atoms with van der Waals surface area (Å²) in [6, 6.07) is 13.1. The lowest BCUT2D eigenvalue weighted by Crippen LogP contribution is -2.35. The van der Waals surface area contributed by atoms with Crippen molar-refractivity contribution < 1.29 is 19.0 Å². The molecule has 0 aliphatic carbocycles. The number of carbonyl (C=O) groups excluding carboxylic acids is 1. The van der Waals surface area contributed by atoms with Crippen molar-refractivity contribution in [3.63, 3.8) is 0 Å². The van der Waals surface area contributed by atoms with E-state index in [4.69, 9.17) is 25.8 Å². The monoisotopic (exact) mass is 438 g/mol. The van der Waals surface area contributed by atoms with Crippen molar-refractivity contribution in [1.82, 2.24) is 10.3 Å². The zero-order valence-corrected chi connectivity index (χ0v) is 18.1. The number of nitrogens with zero attached hydrogens (tertiary/aromatic N) is 1. The van der Waals surface area contributed by atoms with Gasteiger partial charge >= 0.3 is 0 Å². The van der Waals surface area contributed by atoms with Crippen LogP contribution in [-0.2, 0) is 17.6 Å². The van der Waals surface area contributed by atoms with Gasteiger partial charge in [0.15, 0.2) is 11.5 Å². The largest absolute Gasteiger partial charge is 0.493 e. The summed E-state index contributed by atoms with van der Waals surface area (Å²) >= 11 is 6.33. The third-order valence-electron chi connectivity index (χ3n) is 5.19. The van der Waals surface area contributed by atoms with Gasteiger partial charge in [-0.3, -0.25) is 9.78 Å². The maximum Gasteiger partial charge on any atom is 0.224 e. The van der Waals surface area contributed by atoms with E-state index < -0.39 is 0 Å². The van der Waals surface area contributed by atoms with E-state index in [-0.39, 0.29) is 18.4 Å². The van der Waals surface area contributed by atoms with Crippen LogP contribution >= 0.6 is 11.6 Å². The van der Waals surface area contributed by atoms with Crippen molar-refractivity contribution >= 4 is 17.5 Å². The SMILES string of the molecule is COc1ccc(CC(=O)NCC2Cc3cc(Cl)cc(-c4ccncc4)c3O2)cc1OC. The van der Waals surface area contributed by atoms with Gasteiger partial charge in [-0.2, -0.15) is 0 Å². The normalized spacial score (nSPS) is 14.5. The number of amides is 1. The van der Waals surface area contributed by atoms with Gasteiger partial charge in [0.2, 0.25) is 5.91 Å². The van der Waals surface area contributed by atoms with Crippen molar-refractivity contribution in [2.24, 2.45) is 0 Å². The van der Waals surface area contributed by atoms with Gasteiger partial charge in [0.1, 0.15) is 11.9 Å². The second-order valence-electron chi connectivity index (χ2n) is 7.29. The molecule has 4 rings (SSSR count). The number of hydrogen-bond acceptors (Lipinski definition) is 5. The van der Waals surface area contributed by atoms with Crippen LogP contribution in [0.15, 0.2) is 54.9 Å². The number of pyridine rings is 1. The molecule has 31 heavy (non-hydrogen) atoms. The number of fused-ring (bicyclic) bond motifs is 1. The predicted octanol–water partition coefficient (Wildman–Crippen LogP) is 4.08. The molecule has 160 valence electrons. The molecule has 6 nitrogen and oxygen atoms in total. The lowest BCUT2D eigenvalue weighted by molar-refractivity contribution is -0.120. The Kier molecular flexibility index (Phi) is 6.28. The minimum atomic E-state index is -0.150. The lowest BCUT2D eigenvalue weighted by atomic mass is 10.0. The highest BCUT2D eigenvalue weighted by molar-refractivity contribution is 6.31. The summed E-state index contributed by atoms with van der Waals surface area (Å²) in [5.41, 5.74) is 3.81. The van der Waals surface area contributed by atoms with Crippen molar-refractivity contribution in [3.05, 3.63) is 71.0 Å². The van der Waals surface area contributed by atoms with Gasteiger partial charge in [-0.15, -0.1) is 0 Å². The fraction of sp³-hybridized carbons (Fsp3) is 0.250. The van der Waals surface area contributed by atoms with E-state index in [1.165, 1.54) is 0 Å². The van der Waals surface area contributed by atoms with E-state index in [9.17, 15) is 4.79 Å². The third-order valence-corrected chi connectivity index (χ3v) is 5.41. The molecule has 0 radical (unpaired) electrons. The number of carbonyl (C=O) groups is 1. The van der Waals surface area contributed by atoms with Gasteiger partial charge in [-0.25, -0.2) is 0 Å². The summed E-state index contributed by atoms with van der Waals surface area (Å²) in [6.45, 7) is 0.411. The summed E-state index contributed by atoms with van der Waals surface area (Å²) in [5, 5.41) is 3.63. The summed E-state index contributed by atoms with van der Waals surface area (Å²) in [5.74, 6) is 1.96. The van der Waals surface area contributed by atoms with Crippen LogP contribution in [0.3, 0.4) is 0 Å². The van der Waals surface area contributed by atoms with Crippen LogP contribution in [0.4, 0.5) is 0 Å². The first-order chi connectivity index (χ1) is 15.1. The van der Waals surface area contributed by atoms with E-state index >= 15 is 0 Å². The Labute approximate surface area is 186 Å². The number of methoxy groups -OCH3 is 2. The average Bonchev–Trinajstić information content (AvgIpc) is 3.20. The van der Waals surface area contributed by atoms with Crippen LogP contribution in [-0.4, -0.2) is 37.8 Å². The van der Waals surface area contributed by atoms with E-state index in [2.05, 4.69) is 10.3 Å². The second-order valence-corrected chi connectivity index (χ2v) is 7.73. The standard InChI is InChI=1S/C24H23ClN2O4/c1-29-21-4-3-15(9-22(21)30-2)10-23(28)27-14-19-12-17-11-18(25)13-20(24(17)31-19)16-5-7-26-8-6-16/h3-9,11,13,19H,10,12,14H2,1-2H3,(H,27,28). The summed E-state index contributed by atoms with van der Waals surface area (Å²) < 4.78 is 16.7. The Hall–Kier alpha value is -3.25. The Morgan fingerprint density at radius 3 is 2.65 bits per heavy atom. The van der Waals surface area contributed by atoms with Crippen LogP contribution < -0.4 is 19.5 Å². The molecule has 2 heterocycles. The first kappa shape index (κ1) is 21.0. The Morgan fingerprint density at radius 2 is 1.90 bits per heavy atom. The number of nitrogens with one attached hydrogen (secondary N) is 1. The van der Waals surface area contributed by atoms with Crippen LogP contribution in [0.2, 0.25) is 5.02 Å². The van der Waals surface area contributed by atoms with Gasteiger partial charge in [0.25, 0.3) is 0 Å². The zero-order valence-electron chi connectivity index (χ0n) is 17.4. The average molecular weight is 439 g/mol. The molecule has 1 aliphatic heterocycles. The smallest absolute Gasteiger partial charge is 0.224 e. The van der Waals surface area contributed by atoms with E-state index in [0.29, 0.717) is 29.5 Å². The van der Waals surface area contributed by atoms with Gasteiger partial charge in [0.05, 0.1) is 27.2 Å². The molecular weight excluding hydrogens is 416 g/mol. The topological polar surface area (TPSA) is 69.7 Å². The molecular formula is C24H23ClN2O4. The highest BCUT2D eigenvalue weighted by Gasteiger charge is 2.27. The molecule has 1 aliphatic rings. The first-order valence-corrected chi connectivity index (χ1v) is 10.3. The van der Waals surface area contributed by atoms with Crippen molar-refractivity contribution in [2.45, 2.75) is 18.9 Å². The zero-order chi connectivity index (χ0) is 21.8. The molecule has 1 N–H and O–H groups in total. The third kappa shape index (κ3) is 4.75. The van der Waals surface area contributed by atoms with E-state index in [0.717, 1.165) is 28.0 Å².